The van der Waals surface area contributed by atoms with Crippen LogP contribution < -0.4 is 10.6 Å². The molecule has 2 rings (SSSR count). The van der Waals surface area contributed by atoms with Gasteiger partial charge in [0.05, 0.1) is 26.4 Å². The maximum atomic E-state index is 12.1. The summed E-state index contributed by atoms with van der Waals surface area (Å²) in [5.41, 5.74) is 1.04. The second-order valence-electron chi connectivity index (χ2n) is 6.18. The second-order valence-corrected chi connectivity index (χ2v) is 6.18. The lowest BCUT2D eigenvalue weighted by molar-refractivity contribution is -0.136. The Morgan fingerprint density at radius 3 is 1.52 bits per heavy atom. The Morgan fingerprint density at radius 1 is 0.690 bits per heavy atom. The maximum absolute atomic E-state index is 12.1. The fraction of sp³-hybridized carbons (Fsp3) is 0.263. The molecule has 0 heterocycles. The average molecular weight is 406 g/mol. The van der Waals surface area contributed by atoms with Crippen LogP contribution >= 0.6 is 0 Å². The van der Waals surface area contributed by atoms with Crippen molar-refractivity contribution in [1.29, 1.82) is 0 Å². The number of phenols is 2. The van der Waals surface area contributed by atoms with E-state index in [-0.39, 0.29) is 46.0 Å². The third kappa shape index (κ3) is 5.21. The summed E-state index contributed by atoms with van der Waals surface area (Å²) >= 11 is 0. The third-order valence-electron chi connectivity index (χ3n) is 4.19. The van der Waals surface area contributed by atoms with Gasteiger partial charge in [-0.1, -0.05) is 0 Å². The van der Waals surface area contributed by atoms with Crippen molar-refractivity contribution in [1.82, 2.24) is 5.32 Å². The van der Waals surface area contributed by atoms with Crippen LogP contribution in [0.2, 0.25) is 0 Å². The van der Waals surface area contributed by atoms with E-state index in [1.54, 1.807) is 0 Å². The van der Waals surface area contributed by atoms with E-state index < -0.39 is 38.2 Å². The fourth-order valence-electron chi connectivity index (χ4n) is 2.70. The van der Waals surface area contributed by atoms with Gasteiger partial charge in [0.2, 0.25) is 0 Å². The topological polar surface area (TPSA) is 180 Å². The highest BCUT2D eigenvalue weighted by Crippen LogP contribution is 2.27. The Labute approximate surface area is 165 Å². The van der Waals surface area contributed by atoms with Crippen molar-refractivity contribution in [2.45, 2.75) is 33.0 Å². The van der Waals surface area contributed by atoms with Gasteiger partial charge in [0.25, 0.3) is 0 Å². The van der Waals surface area contributed by atoms with Gasteiger partial charge in [-0.15, -0.1) is 0 Å². The van der Waals surface area contributed by atoms with Crippen molar-refractivity contribution in [2.24, 2.45) is 0 Å². The van der Waals surface area contributed by atoms with Crippen LogP contribution in [0.5, 0.6) is 11.5 Å². The first-order chi connectivity index (χ1) is 13.8. The first-order valence-electron chi connectivity index (χ1n) is 8.55. The molecule has 0 aliphatic heterocycles. The molecule has 0 saturated carbocycles. The maximum Gasteiger partial charge on any atom is 0.313 e. The lowest BCUT2D eigenvalue weighted by Gasteiger charge is -2.13. The Balaban J connectivity index is 2.08. The Bertz CT molecular complexity index is 863. The number of aliphatic hydroxyl groups excluding tert-OH is 4. The summed E-state index contributed by atoms with van der Waals surface area (Å²) in [6, 6.07) is 5.38. The first-order valence-corrected chi connectivity index (χ1v) is 8.55. The number of carbonyl (C=O) groups is 2. The molecule has 0 fully saturated rings. The van der Waals surface area contributed by atoms with E-state index in [0.717, 1.165) is 0 Å². The summed E-state index contributed by atoms with van der Waals surface area (Å²) in [7, 11) is 0. The number of hydrogen-bond acceptors (Lipinski definition) is 8. The van der Waals surface area contributed by atoms with Gasteiger partial charge in [-0.25, -0.2) is 0 Å². The van der Waals surface area contributed by atoms with E-state index in [4.69, 9.17) is 0 Å². The van der Waals surface area contributed by atoms with Crippen LogP contribution in [-0.2, 0) is 42.6 Å². The summed E-state index contributed by atoms with van der Waals surface area (Å²) < 4.78 is 0. The largest absolute Gasteiger partial charge is 0.507 e. The molecule has 0 atom stereocenters. The summed E-state index contributed by atoms with van der Waals surface area (Å²) in [6.07, 6.45) is 0. The number of nitrogens with one attached hydrogen (secondary N) is 2. The minimum absolute atomic E-state index is 0.0735. The summed E-state index contributed by atoms with van der Waals surface area (Å²) in [4.78, 5) is 24.1. The van der Waals surface area contributed by atoms with Gasteiger partial charge in [0.15, 0.2) is 0 Å². The molecule has 0 aliphatic rings. The highest BCUT2D eigenvalue weighted by Gasteiger charge is 2.17. The van der Waals surface area contributed by atoms with Gasteiger partial charge in [-0.05, 0) is 29.8 Å². The number of hydrogen-bond donors (Lipinski definition) is 8. The van der Waals surface area contributed by atoms with Crippen LogP contribution in [-0.4, -0.2) is 42.5 Å². The van der Waals surface area contributed by atoms with Crippen molar-refractivity contribution >= 4 is 17.5 Å². The number of aliphatic hydroxyl groups is 4. The van der Waals surface area contributed by atoms with Crippen LogP contribution in [0.15, 0.2) is 24.3 Å². The third-order valence-corrected chi connectivity index (χ3v) is 4.19. The molecule has 2 aromatic carbocycles. The van der Waals surface area contributed by atoms with Crippen molar-refractivity contribution < 1.29 is 40.2 Å². The molecule has 2 amide bonds. The van der Waals surface area contributed by atoms with Crippen molar-refractivity contribution in [3.63, 3.8) is 0 Å². The van der Waals surface area contributed by atoms with E-state index in [9.17, 15) is 40.2 Å². The van der Waals surface area contributed by atoms with Crippen LogP contribution in [0.1, 0.15) is 27.8 Å². The van der Waals surface area contributed by atoms with Crippen LogP contribution in [0.4, 0.5) is 5.69 Å². The molecule has 0 saturated heterocycles. The van der Waals surface area contributed by atoms with Gasteiger partial charge >= 0.3 is 11.8 Å². The Kier molecular flexibility index (Phi) is 7.51. The smallest absolute Gasteiger partial charge is 0.313 e. The molecule has 0 aromatic heterocycles. The molecule has 156 valence electrons. The van der Waals surface area contributed by atoms with Crippen LogP contribution in [0.3, 0.4) is 0 Å². The average Bonchev–Trinajstić information content (AvgIpc) is 2.73. The minimum atomic E-state index is -1.02. The highest BCUT2D eigenvalue weighted by molar-refractivity contribution is 6.39. The van der Waals surface area contributed by atoms with Gasteiger partial charge < -0.3 is 41.3 Å². The Hall–Kier alpha value is -3.18. The zero-order valence-corrected chi connectivity index (χ0v) is 15.3. The summed E-state index contributed by atoms with van der Waals surface area (Å²) in [5, 5.41) is 61.3. The van der Waals surface area contributed by atoms with Crippen LogP contribution in [0.25, 0.3) is 0 Å². The van der Waals surface area contributed by atoms with Crippen molar-refractivity contribution in [3.05, 3.63) is 52.1 Å². The first kappa shape index (κ1) is 22.1. The molecular weight excluding hydrogens is 384 g/mol. The second kappa shape index (κ2) is 9.85. The van der Waals surface area contributed by atoms with Gasteiger partial charge in [-0.3, -0.25) is 9.59 Å². The zero-order chi connectivity index (χ0) is 21.6. The molecule has 29 heavy (non-hydrogen) atoms. The van der Waals surface area contributed by atoms with E-state index in [1.165, 1.54) is 24.3 Å². The molecule has 8 N–H and O–H groups in total. The molecule has 10 heteroatoms. The van der Waals surface area contributed by atoms with Crippen molar-refractivity contribution in [2.75, 3.05) is 5.32 Å². The predicted octanol–water partition coefficient (Wildman–Crippen LogP) is -0.678. The number of benzene rings is 2. The highest BCUT2D eigenvalue weighted by atomic mass is 16.3. The normalized spacial score (nSPS) is 10.6. The number of anilines is 1. The Morgan fingerprint density at radius 2 is 1.10 bits per heavy atom. The number of rotatable bonds is 7. The molecule has 0 unspecified atom stereocenters. The number of carbonyl (C=O) groups excluding carboxylic acids is 2. The molecule has 0 aliphatic carbocycles. The summed E-state index contributed by atoms with van der Waals surface area (Å²) in [6.45, 7) is -2.11. The standard InChI is InChI=1S/C19H22N2O8/c22-6-11-1-10(2-12(7-23)16(11)26)5-20-18(28)19(29)21-15-3-13(8-24)17(27)14(4-15)9-25/h1-4,22-27H,5-9H2,(H,20,28)(H,21,29). The zero-order valence-electron chi connectivity index (χ0n) is 15.3. The molecule has 0 spiro atoms. The fourth-order valence-corrected chi connectivity index (χ4v) is 2.70. The van der Waals surface area contributed by atoms with E-state index in [2.05, 4.69) is 10.6 Å². The number of aromatic hydroxyl groups is 2. The summed E-state index contributed by atoms with van der Waals surface area (Å²) in [5.74, 6) is -2.55. The molecule has 10 nitrogen and oxygen atoms in total. The molecule has 0 bridgehead atoms. The SMILES string of the molecule is O=C(NCc1cc(CO)c(O)c(CO)c1)C(=O)Nc1cc(CO)c(O)c(CO)c1. The van der Waals surface area contributed by atoms with Gasteiger partial charge in [0, 0.05) is 34.5 Å². The van der Waals surface area contributed by atoms with E-state index in [1.807, 2.05) is 0 Å². The lowest BCUT2D eigenvalue weighted by atomic mass is 10.0. The lowest BCUT2D eigenvalue weighted by Crippen LogP contribution is -2.35. The van der Waals surface area contributed by atoms with Crippen molar-refractivity contribution in [3.8, 4) is 11.5 Å². The monoisotopic (exact) mass is 406 g/mol. The molecular formula is C19H22N2O8. The van der Waals surface area contributed by atoms with Gasteiger partial charge in [-0.2, -0.15) is 0 Å². The predicted molar refractivity (Wildman–Crippen MR) is 100 cm³/mol. The molecule has 0 radical (unpaired) electrons. The molecule has 2 aromatic rings. The van der Waals surface area contributed by atoms with Gasteiger partial charge in [0.1, 0.15) is 11.5 Å². The van der Waals surface area contributed by atoms with E-state index >= 15 is 0 Å². The minimum Gasteiger partial charge on any atom is -0.507 e. The van der Waals surface area contributed by atoms with E-state index in [0.29, 0.717) is 5.56 Å². The van der Waals surface area contributed by atoms with Crippen LogP contribution in [0, 0.1) is 0 Å². The number of amides is 2. The quantitative estimate of drug-likeness (QED) is 0.220.